The minimum atomic E-state index is -0.339. The summed E-state index contributed by atoms with van der Waals surface area (Å²) in [7, 11) is 0. The molecule has 1 amide bonds. The van der Waals surface area contributed by atoms with Crippen molar-refractivity contribution in [1.29, 1.82) is 0 Å². The Morgan fingerprint density at radius 2 is 1.93 bits per heavy atom. The molecule has 6 nitrogen and oxygen atoms in total. The van der Waals surface area contributed by atoms with Crippen molar-refractivity contribution in [2.45, 2.75) is 20.0 Å². The number of anilines is 1. The second kappa shape index (κ2) is 9.66. The number of rotatable bonds is 8. The largest absolute Gasteiger partial charge is 0.489 e. The van der Waals surface area contributed by atoms with Gasteiger partial charge in [-0.25, -0.2) is 4.98 Å². The average molecular weight is 396 g/mol. The third-order valence-electron chi connectivity index (χ3n) is 3.75. The molecule has 0 aliphatic rings. The van der Waals surface area contributed by atoms with E-state index in [1.165, 1.54) is 11.3 Å². The van der Waals surface area contributed by atoms with Crippen LogP contribution in [-0.4, -0.2) is 23.5 Å². The van der Waals surface area contributed by atoms with Crippen LogP contribution in [0.1, 0.15) is 28.5 Å². The molecule has 0 spiro atoms. The SMILES string of the molecule is CCOC(=O)Cc1csc(NC(=O)c2cccc(OCc3ccccc3)c2)n1. The molecular weight excluding hydrogens is 376 g/mol. The lowest BCUT2D eigenvalue weighted by molar-refractivity contribution is -0.142. The fourth-order valence-electron chi connectivity index (χ4n) is 2.44. The molecule has 3 aromatic rings. The molecule has 3 rings (SSSR count). The number of hydrogen-bond acceptors (Lipinski definition) is 6. The number of benzene rings is 2. The van der Waals surface area contributed by atoms with E-state index in [9.17, 15) is 9.59 Å². The minimum Gasteiger partial charge on any atom is -0.489 e. The number of nitrogens with one attached hydrogen (secondary N) is 1. The van der Waals surface area contributed by atoms with Crippen molar-refractivity contribution >= 4 is 28.3 Å². The molecule has 0 radical (unpaired) electrons. The van der Waals surface area contributed by atoms with Crippen LogP contribution >= 0.6 is 11.3 Å². The number of amides is 1. The first kappa shape index (κ1) is 19.6. The molecule has 7 heteroatoms. The zero-order chi connectivity index (χ0) is 19.8. The van der Waals surface area contributed by atoms with E-state index in [2.05, 4.69) is 10.3 Å². The van der Waals surface area contributed by atoms with E-state index in [0.717, 1.165) is 5.56 Å². The van der Waals surface area contributed by atoms with Gasteiger partial charge in [0.05, 0.1) is 18.7 Å². The van der Waals surface area contributed by atoms with E-state index in [0.29, 0.717) is 35.4 Å². The van der Waals surface area contributed by atoms with Crippen LogP contribution in [0.25, 0.3) is 0 Å². The highest BCUT2D eigenvalue weighted by Crippen LogP contribution is 2.19. The van der Waals surface area contributed by atoms with Crippen LogP contribution in [-0.2, 0) is 22.6 Å². The van der Waals surface area contributed by atoms with Crippen LogP contribution in [0.4, 0.5) is 5.13 Å². The van der Waals surface area contributed by atoms with Crippen LogP contribution in [0.2, 0.25) is 0 Å². The Bertz CT molecular complexity index is 940. The van der Waals surface area contributed by atoms with Gasteiger partial charge in [-0.3, -0.25) is 14.9 Å². The summed E-state index contributed by atoms with van der Waals surface area (Å²) >= 11 is 1.26. The van der Waals surface area contributed by atoms with Gasteiger partial charge in [-0.1, -0.05) is 36.4 Å². The fraction of sp³-hybridized carbons (Fsp3) is 0.190. The summed E-state index contributed by atoms with van der Waals surface area (Å²) in [4.78, 5) is 28.2. The van der Waals surface area contributed by atoms with E-state index < -0.39 is 0 Å². The molecule has 0 bridgehead atoms. The van der Waals surface area contributed by atoms with Crippen molar-refractivity contribution in [2.24, 2.45) is 0 Å². The van der Waals surface area contributed by atoms with Gasteiger partial charge < -0.3 is 9.47 Å². The van der Waals surface area contributed by atoms with Gasteiger partial charge in [0.2, 0.25) is 0 Å². The first-order valence-corrected chi connectivity index (χ1v) is 9.70. The molecule has 0 saturated heterocycles. The molecule has 1 aromatic heterocycles. The lowest BCUT2D eigenvalue weighted by Gasteiger charge is -2.08. The molecule has 0 fully saturated rings. The minimum absolute atomic E-state index is 0.0863. The van der Waals surface area contributed by atoms with E-state index in [1.54, 1.807) is 36.6 Å². The first-order chi connectivity index (χ1) is 13.6. The third-order valence-corrected chi connectivity index (χ3v) is 4.55. The lowest BCUT2D eigenvalue weighted by atomic mass is 10.2. The van der Waals surface area contributed by atoms with Crippen LogP contribution in [0.5, 0.6) is 5.75 Å². The van der Waals surface area contributed by atoms with Gasteiger partial charge in [-0.05, 0) is 30.7 Å². The second-order valence-corrected chi connectivity index (χ2v) is 6.74. The molecule has 144 valence electrons. The van der Waals surface area contributed by atoms with E-state index >= 15 is 0 Å². The van der Waals surface area contributed by atoms with Gasteiger partial charge in [0.1, 0.15) is 12.4 Å². The van der Waals surface area contributed by atoms with Gasteiger partial charge in [-0.15, -0.1) is 11.3 Å². The molecule has 0 saturated carbocycles. The lowest BCUT2D eigenvalue weighted by Crippen LogP contribution is -2.12. The average Bonchev–Trinajstić information content (AvgIpc) is 3.14. The maximum atomic E-state index is 12.5. The highest BCUT2D eigenvalue weighted by molar-refractivity contribution is 7.14. The van der Waals surface area contributed by atoms with Crippen molar-refractivity contribution in [3.63, 3.8) is 0 Å². The van der Waals surface area contributed by atoms with Crippen LogP contribution in [0.15, 0.2) is 60.0 Å². The molecule has 28 heavy (non-hydrogen) atoms. The highest BCUT2D eigenvalue weighted by atomic mass is 32.1. The topological polar surface area (TPSA) is 77.5 Å². The smallest absolute Gasteiger partial charge is 0.311 e. The summed E-state index contributed by atoms with van der Waals surface area (Å²) < 4.78 is 10.7. The number of esters is 1. The molecular formula is C21H20N2O4S. The van der Waals surface area contributed by atoms with Crippen molar-refractivity contribution in [3.05, 3.63) is 76.8 Å². The van der Waals surface area contributed by atoms with E-state index in [1.807, 2.05) is 30.3 Å². The Kier molecular flexibility index (Phi) is 6.75. The standard InChI is InChI=1S/C21H20N2O4S/c1-2-26-19(24)12-17-14-28-21(22-17)23-20(25)16-9-6-10-18(11-16)27-13-15-7-4-3-5-8-15/h3-11,14H,2,12-13H2,1H3,(H,22,23,25). The molecule has 0 atom stereocenters. The number of ether oxygens (including phenoxy) is 2. The monoisotopic (exact) mass is 396 g/mol. The number of carbonyl (C=O) groups excluding carboxylic acids is 2. The Labute approximate surface area is 167 Å². The summed E-state index contributed by atoms with van der Waals surface area (Å²) in [5, 5.41) is 4.90. The normalized spacial score (nSPS) is 10.3. The maximum Gasteiger partial charge on any atom is 0.311 e. The Morgan fingerprint density at radius 3 is 2.71 bits per heavy atom. The van der Waals surface area contributed by atoms with E-state index in [-0.39, 0.29) is 18.3 Å². The zero-order valence-corrected chi connectivity index (χ0v) is 16.2. The number of nitrogens with zero attached hydrogens (tertiary/aromatic N) is 1. The third kappa shape index (κ3) is 5.65. The predicted octanol–water partition coefficient (Wildman–Crippen LogP) is 4.08. The summed E-state index contributed by atoms with van der Waals surface area (Å²) in [5.74, 6) is -0.0187. The molecule has 1 heterocycles. The fourth-order valence-corrected chi connectivity index (χ4v) is 3.15. The number of thiazole rings is 1. The summed E-state index contributed by atoms with van der Waals surface area (Å²) in [6.07, 6.45) is 0.0863. The van der Waals surface area contributed by atoms with Crippen LogP contribution in [0, 0.1) is 0 Å². The Morgan fingerprint density at radius 1 is 1.11 bits per heavy atom. The summed E-state index contributed by atoms with van der Waals surface area (Å²) in [5.41, 5.74) is 2.08. The van der Waals surface area contributed by atoms with Gasteiger partial charge in [0.25, 0.3) is 5.91 Å². The van der Waals surface area contributed by atoms with Gasteiger partial charge in [0.15, 0.2) is 5.13 Å². The second-order valence-electron chi connectivity index (χ2n) is 5.88. The quantitative estimate of drug-likeness (QED) is 0.581. The Hall–Kier alpha value is -3.19. The van der Waals surface area contributed by atoms with Crippen molar-refractivity contribution in [2.75, 3.05) is 11.9 Å². The van der Waals surface area contributed by atoms with Crippen molar-refractivity contribution in [3.8, 4) is 5.75 Å². The van der Waals surface area contributed by atoms with Crippen molar-refractivity contribution in [1.82, 2.24) is 4.98 Å². The molecule has 0 aliphatic heterocycles. The predicted molar refractivity (Wildman–Crippen MR) is 108 cm³/mol. The number of aromatic nitrogens is 1. The zero-order valence-electron chi connectivity index (χ0n) is 15.4. The van der Waals surface area contributed by atoms with Crippen LogP contribution < -0.4 is 10.1 Å². The highest BCUT2D eigenvalue weighted by Gasteiger charge is 2.12. The molecule has 0 aliphatic carbocycles. The molecule has 2 aromatic carbocycles. The number of hydrogen-bond donors (Lipinski definition) is 1. The Balaban J connectivity index is 1.58. The molecule has 0 unspecified atom stereocenters. The van der Waals surface area contributed by atoms with Gasteiger partial charge in [-0.2, -0.15) is 0 Å². The maximum absolute atomic E-state index is 12.5. The number of carbonyl (C=O) groups is 2. The van der Waals surface area contributed by atoms with E-state index in [4.69, 9.17) is 9.47 Å². The van der Waals surface area contributed by atoms with Crippen molar-refractivity contribution < 1.29 is 19.1 Å². The van der Waals surface area contributed by atoms with Gasteiger partial charge >= 0.3 is 5.97 Å². The summed E-state index contributed by atoms with van der Waals surface area (Å²) in [6.45, 7) is 2.51. The molecule has 1 N–H and O–H groups in total. The first-order valence-electron chi connectivity index (χ1n) is 8.82. The van der Waals surface area contributed by atoms with Gasteiger partial charge in [0, 0.05) is 10.9 Å². The summed E-state index contributed by atoms with van der Waals surface area (Å²) in [6, 6.07) is 16.8. The van der Waals surface area contributed by atoms with Crippen LogP contribution in [0.3, 0.4) is 0 Å².